The zero-order valence-electron chi connectivity index (χ0n) is 16.9. The van der Waals surface area contributed by atoms with Crippen LogP contribution in [0.25, 0.3) is 11.3 Å². The molecule has 0 bridgehead atoms. The fourth-order valence-corrected chi connectivity index (χ4v) is 3.38. The number of hydrogen-bond acceptors (Lipinski definition) is 6. The first-order chi connectivity index (χ1) is 15.9. The molecule has 1 amide bonds. The van der Waals surface area contributed by atoms with Crippen LogP contribution in [0.1, 0.15) is 34.3 Å². The lowest BCUT2D eigenvalue weighted by molar-refractivity contribution is -0.137. The summed E-state index contributed by atoms with van der Waals surface area (Å²) in [5.74, 6) is -4.77. The predicted molar refractivity (Wildman–Crippen MR) is 111 cm³/mol. The van der Waals surface area contributed by atoms with Gasteiger partial charge in [-0.2, -0.15) is 13.2 Å². The standard InChI is InChI=1S/C21H16BrF5N2O5/c22-18-15(9-1-3-10(4-2-9)21(25,26)27)29-20(34-18)16(31)13(30)7-8-33-17-12(23)6-5-11(14(17)24)19(28)32/h1-6,13,16,30-31H,7-8H2,(H2,28,32). The third-order valence-electron chi connectivity index (χ3n) is 4.68. The summed E-state index contributed by atoms with van der Waals surface area (Å²) in [4.78, 5) is 15.2. The molecule has 3 aromatic rings. The van der Waals surface area contributed by atoms with Gasteiger partial charge in [0.15, 0.2) is 28.2 Å². The maximum Gasteiger partial charge on any atom is 0.416 e. The second-order valence-electron chi connectivity index (χ2n) is 7.00. The molecular formula is C21H16BrF5N2O5. The fourth-order valence-electron chi connectivity index (χ4n) is 2.90. The van der Waals surface area contributed by atoms with E-state index in [1.165, 1.54) is 0 Å². The number of aromatic nitrogens is 1. The first kappa shape index (κ1) is 25.6. The molecule has 7 nitrogen and oxygen atoms in total. The van der Waals surface area contributed by atoms with Crippen molar-refractivity contribution in [2.75, 3.05) is 6.61 Å². The van der Waals surface area contributed by atoms with Gasteiger partial charge in [-0.1, -0.05) is 12.1 Å². The molecule has 4 N–H and O–H groups in total. The Balaban J connectivity index is 1.67. The number of aliphatic hydroxyl groups excluding tert-OH is 2. The van der Waals surface area contributed by atoms with Gasteiger partial charge in [-0.25, -0.2) is 13.8 Å². The zero-order valence-corrected chi connectivity index (χ0v) is 18.5. The van der Waals surface area contributed by atoms with Crippen molar-refractivity contribution in [2.45, 2.75) is 24.8 Å². The number of carbonyl (C=O) groups excluding carboxylic acids is 1. The highest BCUT2D eigenvalue weighted by atomic mass is 79.9. The Morgan fingerprint density at radius 2 is 1.79 bits per heavy atom. The van der Waals surface area contributed by atoms with E-state index in [2.05, 4.69) is 20.9 Å². The average molecular weight is 551 g/mol. The summed E-state index contributed by atoms with van der Waals surface area (Å²) in [6.07, 6.45) is -8.11. The summed E-state index contributed by atoms with van der Waals surface area (Å²) in [6, 6.07) is 5.67. The number of alkyl halides is 3. The summed E-state index contributed by atoms with van der Waals surface area (Å²) >= 11 is 3.06. The molecule has 0 saturated heterocycles. The molecule has 2 unspecified atom stereocenters. The minimum absolute atomic E-state index is 0.00262. The number of hydrogen-bond donors (Lipinski definition) is 3. The molecule has 0 spiro atoms. The van der Waals surface area contributed by atoms with Gasteiger partial charge >= 0.3 is 6.18 Å². The molecule has 0 fully saturated rings. The summed E-state index contributed by atoms with van der Waals surface area (Å²) in [5, 5.41) is 20.5. The van der Waals surface area contributed by atoms with Crippen molar-refractivity contribution in [3.05, 3.63) is 69.7 Å². The van der Waals surface area contributed by atoms with Crippen LogP contribution in [0.4, 0.5) is 22.0 Å². The number of amides is 1. The van der Waals surface area contributed by atoms with Crippen LogP contribution < -0.4 is 10.5 Å². The van der Waals surface area contributed by atoms with Gasteiger partial charge in [-0.15, -0.1) is 0 Å². The molecule has 182 valence electrons. The highest BCUT2D eigenvalue weighted by Gasteiger charge is 2.31. The Morgan fingerprint density at radius 1 is 1.15 bits per heavy atom. The number of benzene rings is 2. The van der Waals surface area contributed by atoms with Crippen LogP contribution in [0.2, 0.25) is 0 Å². The van der Waals surface area contributed by atoms with E-state index in [-0.39, 0.29) is 28.2 Å². The summed E-state index contributed by atoms with van der Waals surface area (Å²) in [7, 11) is 0. The molecule has 1 heterocycles. The Kier molecular flexibility index (Phi) is 7.58. The summed E-state index contributed by atoms with van der Waals surface area (Å²) in [5.41, 5.74) is 3.88. The van der Waals surface area contributed by atoms with Crippen LogP contribution in [0, 0.1) is 11.6 Å². The maximum absolute atomic E-state index is 14.2. The molecule has 2 aromatic carbocycles. The quantitative estimate of drug-likeness (QED) is 0.358. The van der Waals surface area contributed by atoms with Crippen molar-refractivity contribution in [1.29, 1.82) is 0 Å². The number of halogens is 6. The van der Waals surface area contributed by atoms with E-state index in [1.807, 2.05) is 0 Å². The normalized spacial score (nSPS) is 13.5. The summed E-state index contributed by atoms with van der Waals surface area (Å²) < 4.78 is 76.4. The number of carbonyl (C=O) groups is 1. The number of nitrogens with zero attached hydrogens (tertiary/aromatic N) is 1. The zero-order chi connectivity index (χ0) is 25.2. The second kappa shape index (κ2) is 10.1. The van der Waals surface area contributed by atoms with Crippen molar-refractivity contribution >= 4 is 21.8 Å². The lowest BCUT2D eigenvalue weighted by atomic mass is 10.1. The average Bonchev–Trinajstić information content (AvgIpc) is 3.16. The second-order valence-corrected chi connectivity index (χ2v) is 7.72. The molecule has 13 heteroatoms. The molecule has 2 atom stereocenters. The third kappa shape index (κ3) is 5.54. The molecule has 0 aliphatic heterocycles. The van der Waals surface area contributed by atoms with Gasteiger partial charge in [0.2, 0.25) is 5.89 Å². The van der Waals surface area contributed by atoms with Crippen molar-refractivity contribution < 1.29 is 46.1 Å². The van der Waals surface area contributed by atoms with Crippen molar-refractivity contribution in [3.63, 3.8) is 0 Å². The minimum atomic E-state index is -4.51. The molecule has 0 aliphatic carbocycles. The number of rotatable bonds is 8. The first-order valence-corrected chi connectivity index (χ1v) is 10.3. The van der Waals surface area contributed by atoms with Crippen LogP contribution in [-0.4, -0.2) is 33.8 Å². The molecular weight excluding hydrogens is 535 g/mol. The minimum Gasteiger partial charge on any atom is -0.487 e. The molecule has 3 rings (SSSR count). The van der Waals surface area contributed by atoms with E-state index in [4.69, 9.17) is 14.9 Å². The van der Waals surface area contributed by atoms with E-state index >= 15 is 0 Å². The van der Waals surface area contributed by atoms with E-state index < -0.39 is 59.4 Å². The lowest BCUT2D eigenvalue weighted by Crippen LogP contribution is -2.22. The Hall–Kier alpha value is -3.03. The number of nitrogens with two attached hydrogens (primary N) is 1. The van der Waals surface area contributed by atoms with Crippen molar-refractivity contribution in [1.82, 2.24) is 4.98 Å². The molecule has 0 radical (unpaired) electrons. The van der Waals surface area contributed by atoms with Crippen LogP contribution in [0.3, 0.4) is 0 Å². The van der Waals surface area contributed by atoms with Gasteiger partial charge in [0.1, 0.15) is 5.69 Å². The lowest BCUT2D eigenvalue weighted by Gasteiger charge is -2.16. The van der Waals surface area contributed by atoms with Crippen LogP contribution in [-0.2, 0) is 6.18 Å². The van der Waals surface area contributed by atoms with Gasteiger partial charge in [-0.3, -0.25) is 4.79 Å². The smallest absolute Gasteiger partial charge is 0.416 e. The van der Waals surface area contributed by atoms with Gasteiger partial charge in [0, 0.05) is 12.0 Å². The Morgan fingerprint density at radius 3 is 2.38 bits per heavy atom. The van der Waals surface area contributed by atoms with Crippen LogP contribution >= 0.6 is 15.9 Å². The highest BCUT2D eigenvalue weighted by Crippen LogP contribution is 2.35. The Bertz CT molecular complexity index is 1180. The number of primary amides is 1. The monoisotopic (exact) mass is 550 g/mol. The number of ether oxygens (including phenoxy) is 1. The molecule has 0 aliphatic rings. The highest BCUT2D eigenvalue weighted by molar-refractivity contribution is 9.10. The predicted octanol–water partition coefficient (Wildman–Crippen LogP) is 4.36. The van der Waals surface area contributed by atoms with Crippen LogP contribution in [0.15, 0.2) is 45.5 Å². The SMILES string of the molecule is NC(=O)c1ccc(F)c(OCCC(O)C(O)c2nc(-c3ccc(C(F)(F)F)cc3)c(Br)o2)c1F. The largest absolute Gasteiger partial charge is 0.487 e. The number of aliphatic hydroxyl groups is 2. The van der Waals surface area contributed by atoms with Gasteiger partial charge in [0.05, 0.1) is 23.8 Å². The van der Waals surface area contributed by atoms with Crippen molar-refractivity contribution in [3.8, 4) is 17.0 Å². The van der Waals surface area contributed by atoms with E-state index in [0.29, 0.717) is 0 Å². The summed E-state index contributed by atoms with van der Waals surface area (Å²) in [6.45, 7) is -0.470. The van der Waals surface area contributed by atoms with E-state index in [9.17, 15) is 37.0 Å². The third-order valence-corrected chi connectivity index (χ3v) is 5.22. The van der Waals surface area contributed by atoms with Gasteiger partial charge in [-0.05, 0) is 40.2 Å². The molecule has 1 aromatic heterocycles. The first-order valence-electron chi connectivity index (χ1n) is 9.50. The van der Waals surface area contributed by atoms with Crippen LogP contribution in [0.5, 0.6) is 5.75 Å². The molecule has 34 heavy (non-hydrogen) atoms. The van der Waals surface area contributed by atoms with Gasteiger partial charge < -0.3 is 25.1 Å². The van der Waals surface area contributed by atoms with Crippen molar-refractivity contribution in [2.24, 2.45) is 5.73 Å². The topological polar surface area (TPSA) is 119 Å². The maximum atomic E-state index is 14.2. The van der Waals surface area contributed by atoms with Gasteiger partial charge in [0.25, 0.3) is 5.91 Å². The number of oxazole rings is 1. The fraction of sp³-hybridized carbons (Fsp3) is 0.238. The van der Waals surface area contributed by atoms with E-state index in [0.717, 1.165) is 36.4 Å². The molecule has 0 saturated carbocycles. The Labute approximate surface area is 197 Å². The van der Waals surface area contributed by atoms with E-state index in [1.54, 1.807) is 0 Å².